The van der Waals surface area contributed by atoms with Crippen molar-refractivity contribution in [3.63, 3.8) is 0 Å². The van der Waals surface area contributed by atoms with Crippen LogP contribution in [0.4, 0.5) is 0 Å². The Morgan fingerprint density at radius 1 is 1.13 bits per heavy atom. The van der Waals surface area contributed by atoms with Crippen LogP contribution in [0.2, 0.25) is 0 Å². The Morgan fingerprint density at radius 2 is 1.67 bits per heavy atom. The zero-order valence-corrected chi connectivity index (χ0v) is 10.2. The predicted octanol–water partition coefficient (Wildman–Crippen LogP) is 0.203. The highest BCUT2D eigenvalue weighted by Crippen LogP contribution is 2.09. The maximum atomic E-state index is 4.08. The van der Waals surface area contributed by atoms with E-state index in [0.29, 0.717) is 6.04 Å². The minimum atomic E-state index is 0.556. The lowest BCUT2D eigenvalue weighted by Crippen LogP contribution is -3.13. The van der Waals surface area contributed by atoms with Crippen molar-refractivity contribution in [1.82, 2.24) is 0 Å². The quantitative estimate of drug-likeness (QED) is 0.693. The van der Waals surface area contributed by atoms with Gasteiger partial charge in [-0.15, -0.1) is 0 Å². The summed E-state index contributed by atoms with van der Waals surface area (Å²) in [7, 11) is 0. The summed E-state index contributed by atoms with van der Waals surface area (Å²) in [6.45, 7) is 9.94. The summed E-state index contributed by atoms with van der Waals surface area (Å²) in [4.78, 5) is 1.62. The normalized spacial score (nSPS) is 13.1. The molecule has 0 heterocycles. The Kier molecular flexibility index (Phi) is 4.79. The van der Waals surface area contributed by atoms with Gasteiger partial charge in [0.25, 0.3) is 0 Å². The first-order valence-corrected chi connectivity index (χ1v) is 5.93. The van der Waals surface area contributed by atoms with E-state index in [1.54, 1.807) is 4.90 Å². The van der Waals surface area contributed by atoms with E-state index < -0.39 is 0 Å². The molecule has 0 radical (unpaired) electrons. The largest absolute Gasteiger partial charge is 0.352 e. The van der Waals surface area contributed by atoms with Gasteiger partial charge in [0.15, 0.2) is 6.04 Å². The van der Waals surface area contributed by atoms with Gasteiger partial charge in [-0.25, -0.2) is 0 Å². The Hall–Kier alpha value is -0.860. The van der Waals surface area contributed by atoms with Gasteiger partial charge in [0, 0.05) is 5.56 Å². The predicted molar refractivity (Wildman–Crippen MR) is 63.7 cm³/mol. The molecule has 0 spiro atoms. The zero-order valence-electron chi connectivity index (χ0n) is 10.2. The summed E-state index contributed by atoms with van der Waals surface area (Å²) >= 11 is 0. The van der Waals surface area contributed by atoms with Gasteiger partial charge in [0.05, 0.1) is 13.1 Å². The molecule has 1 aromatic carbocycles. The van der Waals surface area contributed by atoms with E-state index in [2.05, 4.69) is 50.8 Å². The molecule has 1 aromatic rings. The minimum Gasteiger partial charge on any atom is -0.352 e. The molecular formula is C13H24N2+2. The van der Waals surface area contributed by atoms with Gasteiger partial charge in [0.1, 0.15) is 6.54 Å². The van der Waals surface area contributed by atoms with Crippen molar-refractivity contribution in [2.75, 3.05) is 19.6 Å². The van der Waals surface area contributed by atoms with E-state index >= 15 is 0 Å². The molecule has 0 fully saturated rings. The van der Waals surface area contributed by atoms with Crippen LogP contribution >= 0.6 is 0 Å². The summed E-state index contributed by atoms with van der Waals surface area (Å²) in [5, 5.41) is 0. The second-order valence-electron chi connectivity index (χ2n) is 4.12. The molecule has 1 rings (SSSR count). The maximum absolute atomic E-state index is 4.08. The Bertz CT molecular complexity index is 275. The molecular weight excluding hydrogens is 184 g/mol. The van der Waals surface area contributed by atoms with E-state index in [0.717, 1.165) is 6.54 Å². The lowest BCUT2D eigenvalue weighted by molar-refractivity contribution is -0.934. The standard InChI is InChI=1S/C13H22N2/c1-4-15(5-2)13(10-14)12-8-6-11(3)7-9-12/h6-9,13H,4-5,10,14H2,1-3H3/p+2/t13-/m1/s1. The van der Waals surface area contributed by atoms with Crippen LogP contribution in [0.25, 0.3) is 0 Å². The molecule has 15 heavy (non-hydrogen) atoms. The zero-order chi connectivity index (χ0) is 11.3. The topological polar surface area (TPSA) is 32.1 Å². The molecule has 0 saturated heterocycles. The molecule has 1 atom stereocenters. The van der Waals surface area contributed by atoms with Crippen LogP contribution in [0.3, 0.4) is 0 Å². The second kappa shape index (κ2) is 5.89. The van der Waals surface area contributed by atoms with Crippen molar-refractivity contribution < 1.29 is 10.6 Å². The van der Waals surface area contributed by atoms with Gasteiger partial charge < -0.3 is 10.6 Å². The van der Waals surface area contributed by atoms with E-state index in [1.165, 1.54) is 24.2 Å². The average molecular weight is 208 g/mol. The Balaban J connectivity index is 2.86. The van der Waals surface area contributed by atoms with Gasteiger partial charge in [-0.1, -0.05) is 29.8 Å². The first-order chi connectivity index (χ1) is 7.22. The Labute approximate surface area is 93.1 Å². The highest BCUT2D eigenvalue weighted by atomic mass is 15.2. The molecule has 0 aliphatic rings. The average Bonchev–Trinajstić information content (AvgIpc) is 2.27. The minimum absolute atomic E-state index is 0.556. The maximum Gasteiger partial charge on any atom is 0.162 e. The number of likely N-dealkylation sites (N-methyl/N-ethyl adjacent to an activating group) is 1. The van der Waals surface area contributed by atoms with E-state index in [-0.39, 0.29) is 0 Å². The molecule has 84 valence electrons. The third kappa shape index (κ3) is 3.05. The van der Waals surface area contributed by atoms with Crippen LogP contribution < -0.4 is 10.6 Å². The second-order valence-corrected chi connectivity index (χ2v) is 4.12. The lowest BCUT2D eigenvalue weighted by atomic mass is 10.0. The molecule has 2 heteroatoms. The van der Waals surface area contributed by atoms with Crippen LogP contribution in [0, 0.1) is 6.92 Å². The van der Waals surface area contributed by atoms with E-state index in [1.807, 2.05) is 0 Å². The SMILES string of the molecule is CC[NH+](CC)[C@H](C[NH3+])c1ccc(C)cc1. The number of rotatable bonds is 5. The molecule has 0 aromatic heterocycles. The van der Waals surface area contributed by atoms with E-state index in [9.17, 15) is 0 Å². The summed E-state index contributed by atoms with van der Waals surface area (Å²) in [5.74, 6) is 0. The van der Waals surface area contributed by atoms with Gasteiger partial charge in [-0.05, 0) is 20.8 Å². The molecule has 2 nitrogen and oxygen atoms in total. The lowest BCUT2D eigenvalue weighted by Gasteiger charge is -2.24. The molecule has 0 aliphatic heterocycles. The molecule has 0 amide bonds. The number of quaternary nitrogens is 2. The van der Waals surface area contributed by atoms with Crippen LogP contribution in [-0.4, -0.2) is 19.6 Å². The van der Waals surface area contributed by atoms with Crippen LogP contribution in [-0.2, 0) is 0 Å². The highest BCUT2D eigenvalue weighted by Gasteiger charge is 2.21. The van der Waals surface area contributed by atoms with Crippen molar-refractivity contribution in [1.29, 1.82) is 0 Å². The fourth-order valence-electron chi connectivity index (χ4n) is 2.15. The number of nitrogens with one attached hydrogen (secondary N) is 1. The van der Waals surface area contributed by atoms with Gasteiger partial charge in [0.2, 0.25) is 0 Å². The summed E-state index contributed by atoms with van der Waals surface area (Å²) < 4.78 is 0. The molecule has 0 aliphatic carbocycles. The Morgan fingerprint density at radius 3 is 2.07 bits per heavy atom. The van der Waals surface area contributed by atoms with Crippen molar-refractivity contribution in [2.24, 2.45) is 0 Å². The number of hydrogen-bond donors (Lipinski definition) is 2. The molecule has 0 bridgehead atoms. The third-order valence-corrected chi connectivity index (χ3v) is 3.17. The number of benzene rings is 1. The van der Waals surface area contributed by atoms with Gasteiger partial charge in [-0.2, -0.15) is 0 Å². The smallest absolute Gasteiger partial charge is 0.162 e. The summed E-state index contributed by atoms with van der Waals surface area (Å²) in [6.07, 6.45) is 0. The van der Waals surface area contributed by atoms with Crippen molar-refractivity contribution in [3.8, 4) is 0 Å². The first kappa shape index (κ1) is 12.2. The number of aryl methyl sites for hydroxylation is 1. The van der Waals surface area contributed by atoms with Crippen LogP contribution in [0.15, 0.2) is 24.3 Å². The van der Waals surface area contributed by atoms with Gasteiger partial charge in [-0.3, -0.25) is 0 Å². The first-order valence-electron chi connectivity index (χ1n) is 5.93. The van der Waals surface area contributed by atoms with E-state index in [4.69, 9.17) is 0 Å². The fraction of sp³-hybridized carbons (Fsp3) is 0.538. The third-order valence-electron chi connectivity index (χ3n) is 3.17. The molecule has 0 unspecified atom stereocenters. The van der Waals surface area contributed by atoms with Crippen LogP contribution in [0.5, 0.6) is 0 Å². The fourth-order valence-corrected chi connectivity index (χ4v) is 2.15. The highest BCUT2D eigenvalue weighted by molar-refractivity contribution is 5.22. The van der Waals surface area contributed by atoms with Gasteiger partial charge >= 0.3 is 0 Å². The van der Waals surface area contributed by atoms with Crippen molar-refractivity contribution in [3.05, 3.63) is 35.4 Å². The number of hydrogen-bond acceptors (Lipinski definition) is 0. The van der Waals surface area contributed by atoms with Crippen LogP contribution in [0.1, 0.15) is 31.0 Å². The molecule has 0 saturated carbocycles. The van der Waals surface area contributed by atoms with Crippen molar-refractivity contribution >= 4 is 0 Å². The summed E-state index contributed by atoms with van der Waals surface area (Å²) in [6, 6.07) is 9.44. The summed E-state index contributed by atoms with van der Waals surface area (Å²) in [5.41, 5.74) is 6.84. The van der Waals surface area contributed by atoms with Crippen molar-refractivity contribution in [2.45, 2.75) is 26.8 Å². The monoisotopic (exact) mass is 208 g/mol. The molecule has 4 N–H and O–H groups in total.